The molecule has 2 rings (SSSR count). The van der Waals surface area contributed by atoms with Gasteiger partial charge in [0.1, 0.15) is 24.1 Å². The Balaban J connectivity index is 1.94. The predicted molar refractivity (Wildman–Crippen MR) is 54.9 cm³/mol. The van der Waals surface area contributed by atoms with Crippen LogP contribution in [0.15, 0.2) is 0 Å². The van der Waals surface area contributed by atoms with Crippen molar-refractivity contribution in [1.29, 1.82) is 0 Å². The van der Waals surface area contributed by atoms with E-state index in [1.807, 2.05) is 0 Å². The molecule has 5 nitrogen and oxygen atoms in total. The smallest absolute Gasteiger partial charge is 0.166 e. The summed E-state index contributed by atoms with van der Waals surface area (Å²) in [5.74, 6) is -0.666. The van der Waals surface area contributed by atoms with Crippen LogP contribution in [0.2, 0.25) is 0 Å². The van der Waals surface area contributed by atoms with E-state index in [1.54, 1.807) is 13.8 Å². The molecule has 16 heavy (non-hydrogen) atoms. The monoisotopic (exact) mass is 230 g/mol. The number of carbonyl (C=O) groups is 1. The van der Waals surface area contributed by atoms with Crippen LogP contribution in [0.4, 0.5) is 0 Å². The molecule has 4 unspecified atom stereocenters. The first kappa shape index (κ1) is 12.0. The van der Waals surface area contributed by atoms with E-state index >= 15 is 0 Å². The lowest BCUT2D eigenvalue weighted by molar-refractivity contribution is -0.311. The average Bonchev–Trinajstić information content (AvgIpc) is 2.58. The van der Waals surface area contributed by atoms with Crippen LogP contribution in [0.5, 0.6) is 0 Å². The summed E-state index contributed by atoms with van der Waals surface area (Å²) in [6, 6.07) is 0. The van der Waals surface area contributed by atoms with E-state index in [1.165, 1.54) is 0 Å². The number of ether oxygens (including phenoxy) is 3. The minimum Gasteiger partial charge on any atom is -0.388 e. The molecule has 1 N–H and O–H groups in total. The zero-order valence-electron chi connectivity index (χ0n) is 9.64. The molecule has 4 atom stereocenters. The molecule has 5 heteroatoms. The van der Waals surface area contributed by atoms with Crippen LogP contribution in [0, 0.1) is 0 Å². The van der Waals surface area contributed by atoms with Crippen molar-refractivity contribution in [2.45, 2.75) is 50.8 Å². The highest BCUT2D eigenvalue weighted by atomic mass is 16.7. The summed E-state index contributed by atoms with van der Waals surface area (Å²) in [4.78, 5) is 10.9. The third-order valence-electron chi connectivity index (χ3n) is 3.10. The van der Waals surface area contributed by atoms with Gasteiger partial charge in [0.05, 0.1) is 13.2 Å². The zero-order chi connectivity index (χ0) is 11.8. The predicted octanol–water partition coefficient (Wildman–Crippen LogP) is 0.247. The van der Waals surface area contributed by atoms with E-state index in [-0.39, 0.29) is 18.0 Å². The maximum Gasteiger partial charge on any atom is 0.166 e. The Kier molecular flexibility index (Phi) is 3.30. The molecular formula is C11H18O5. The topological polar surface area (TPSA) is 65.0 Å². The molecular weight excluding hydrogens is 212 g/mol. The van der Waals surface area contributed by atoms with Crippen LogP contribution in [-0.4, -0.2) is 48.2 Å². The van der Waals surface area contributed by atoms with Crippen LogP contribution >= 0.6 is 0 Å². The summed E-state index contributed by atoms with van der Waals surface area (Å²) in [6.45, 7) is 4.05. The zero-order valence-corrected chi connectivity index (χ0v) is 9.64. The molecule has 0 saturated carbocycles. The summed E-state index contributed by atoms with van der Waals surface area (Å²) < 4.78 is 16.6. The second-order valence-electron chi connectivity index (χ2n) is 4.67. The van der Waals surface area contributed by atoms with E-state index in [0.29, 0.717) is 26.1 Å². The van der Waals surface area contributed by atoms with Crippen molar-refractivity contribution in [3.63, 3.8) is 0 Å². The lowest BCUT2D eigenvalue weighted by atomic mass is 10.1. The van der Waals surface area contributed by atoms with Crippen LogP contribution in [0.25, 0.3) is 0 Å². The molecule has 0 radical (unpaired) electrons. The van der Waals surface area contributed by atoms with Gasteiger partial charge < -0.3 is 24.1 Å². The lowest BCUT2D eigenvalue weighted by Gasteiger charge is -2.40. The SMILES string of the molecule is CC(=O)CCC1(C)OCC2OCC(O)C2O1. The third-order valence-corrected chi connectivity index (χ3v) is 3.10. The molecule has 0 aromatic rings. The molecule has 92 valence electrons. The first-order valence-corrected chi connectivity index (χ1v) is 5.61. The Morgan fingerprint density at radius 3 is 2.94 bits per heavy atom. The second-order valence-corrected chi connectivity index (χ2v) is 4.67. The van der Waals surface area contributed by atoms with Crippen molar-refractivity contribution in [1.82, 2.24) is 0 Å². The Morgan fingerprint density at radius 1 is 1.50 bits per heavy atom. The molecule has 0 aromatic carbocycles. The first-order chi connectivity index (χ1) is 7.50. The standard InChI is InChI=1S/C11H18O5/c1-7(12)3-4-11(2)15-6-9-10(16-11)8(13)5-14-9/h8-10,13H,3-6H2,1-2H3. The molecule has 0 aliphatic carbocycles. The Bertz CT molecular complexity index is 280. The van der Waals surface area contributed by atoms with E-state index in [9.17, 15) is 9.90 Å². The van der Waals surface area contributed by atoms with Gasteiger partial charge in [-0.15, -0.1) is 0 Å². The lowest BCUT2D eigenvalue weighted by Crippen LogP contribution is -2.51. The number of rotatable bonds is 3. The molecule has 2 aliphatic rings. The van der Waals surface area contributed by atoms with E-state index in [4.69, 9.17) is 14.2 Å². The maximum atomic E-state index is 10.9. The number of aliphatic hydroxyl groups excluding tert-OH is 1. The molecule has 2 heterocycles. The van der Waals surface area contributed by atoms with Crippen LogP contribution in [0.3, 0.4) is 0 Å². The van der Waals surface area contributed by atoms with Crippen molar-refractivity contribution in [3.05, 3.63) is 0 Å². The maximum absolute atomic E-state index is 10.9. The van der Waals surface area contributed by atoms with Crippen LogP contribution in [0.1, 0.15) is 26.7 Å². The Labute approximate surface area is 94.7 Å². The highest BCUT2D eigenvalue weighted by molar-refractivity contribution is 5.75. The summed E-state index contributed by atoms with van der Waals surface area (Å²) in [5, 5.41) is 9.66. The molecule has 2 fully saturated rings. The van der Waals surface area contributed by atoms with Gasteiger partial charge in [-0.05, 0) is 13.8 Å². The molecule has 2 aliphatic heterocycles. The quantitative estimate of drug-likeness (QED) is 0.752. The third kappa shape index (κ3) is 2.43. The fraction of sp³-hybridized carbons (Fsp3) is 0.909. The number of Topliss-reactive ketones (excluding diaryl/α,β-unsaturated/α-hetero) is 1. The highest BCUT2D eigenvalue weighted by Crippen LogP contribution is 2.33. The fourth-order valence-electron chi connectivity index (χ4n) is 2.07. The number of aliphatic hydroxyl groups is 1. The number of hydrogen-bond donors (Lipinski definition) is 1. The molecule has 0 spiro atoms. The first-order valence-electron chi connectivity index (χ1n) is 5.61. The number of hydrogen-bond acceptors (Lipinski definition) is 5. The number of ketones is 1. The van der Waals surface area contributed by atoms with Gasteiger partial charge in [-0.25, -0.2) is 0 Å². The Hall–Kier alpha value is -0.490. The van der Waals surface area contributed by atoms with Crippen molar-refractivity contribution in [2.75, 3.05) is 13.2 Å². The van der Waals surface area contributed by atoms with Gasteiger partial charge in [0, 0.05) is 12.8 Å². The van der Waals surface area contributed by atoms with E-state index in [0.717, 1.165) is 0 Å². The average molecular weight is 230 g/mol. The fourth-order valence-corrected chi connectivity index (χ4v) is 2.07. The van der Waals surface area contributed by atoms with Crippen molar-refractivity contribution in [2.24, 2.45) is 0 Å². The van der Waals surface area contributed by atoms with Gasteiger partial charge in [0.15, 0.2) is 5.79 Å². The number of carbonyl (C=O) groups excluding carboxylic acids is 1. The van der Waals surface area contributed by atoms with Gasteiger partial charge in [0.2, 0.25) is 0 Å². The van der Waals surface area contributed by atoms with Crippen molar-refractivity contribution in [3.8, 4) is 0 Å². The van der Waals surface area contributed by atoms with Gasteiger partial charge >= 0.3 is 0 Å². The largest absolute Gasteiger partial charge is 0.388 e. The summed E-state index contributed by atoms with van der Waals surface area (Å²) >= 11 is 0. The molecule has 0 bridgehead atoms. The van der Waals surface area contributed by atoms with Crippen LogP contribution in [-0.2, 0) is 19.0 Å². The number of fused-ring (bicyclic) bond motifs is 1. The molecule has 0 aromatic heterocycles. The van der Waals surface area contributed by atoms with Gasteiger partial charge in [-0.1, -0.05) is 0 Å². The second kappa shape index (κ2) is 4.41. The summed E-state index contributed by atoms with van der Waals surface area (Å²) in [6.07, 6.45) is -0.167. The van der Waals surface area contributed by atoms with Gasteiger partial charge in [-0.3, -0.25) is 0 Å². The Morgan fingerprint density at radius 2 is 2.25 bits per heavy atom. The minimum absolute atomic E-state index is 0.110. The summed E-state index contributed by atoms with van der Waals surface area (Å²) in [5.41, 5.74) is 0. The highest BCUT2D eigenvalue weighted by Gasteiger charge is 2.46. The normalized spacial score (nSPS) is 43.1. The van der Waals surface area contributed by atoms with Crippen LogP contribution < -0.4 is 0 Å². The molecule has 2 saturated heterocycles. The van der Waals surface area contributed by atoms with Crippen molar-refractivity contribution >= 4 is 5.78 Å². The minimum atomic E-state index is -0.776. The van der Waals surface area contributed by atoms with Crippen molar-refractivity contribution < 1.29 is 24.1 Å². The summed E-state index contributed by atoms with van der Waals surface area (Å²) in [7, 11) is 0. The van der Waals surface area contributed by atoms with E-state index in [2.05, 4.69) is 0 Å². The van der Waals surface area contributed by atoms with Gasteiger partial charge in [-0.2, -0.15) is 0 Å². The van der Waals surface area contributed by atoms with Gasteiger partial charge in [0.25, 0.3) is 0 Å². The molecule has 0 amide bonds. The van der Waals surface area contributed by atoms with E-state index < -0.39 is 11.9 Å².